The molecular formula is C30H32N2O2S2. The zero-order chi connectivity index (χ0) is 24.3. The minimum Gasteiger partial charge on any atom is -0.376 e. The van der Waals surface area contributed by atoms with Crippen LogP contribution in [0.3, 0.4) is 0 Å². The molecule has 1 aromatic heterocycles. The molecule has 0 spiro atoms. The van der Waals surface area contributed by atoms with Gasteiger partial charge in [-0.15, -0.1) is 23.1 Å². The highest BCUT2D eigenvalue weighted by molar-refractivity contribution is 7.99. The van der Waals surface area contributed by atoms with E-state index in [1.807, 2.05) is 30.3 Å². The molecule has 0 saturated carbocycles. The lowest BCUT2D eigenvalue weighted by atomic mass is 10.1. The number of rotatable bonds is 8. The number of hydrogen-bond acceptors (Lipinski definition) is 6. The summed E-state index contributed by atoms with van der Waals surface area (Å²) in [5.41, 5.74) is 2.75. The van der Waals surface area contributed by atoms with Gasteiger partial charge in [0.25, 0.3) is 0 Å². The predicted octanol–water partition coefficient (Wildman–Crippen LogP) is 6.35. The molecule has 6 rings (SSSR count). The Morgan fingerprint density at radius 3 is 2.61 bits per heavy atom. The van der Waals surface area contributed by atoms with Crippen molar-refractivity contribution < 1.29 is 4.74 Å². The second kappa shape index (κ2) is 11.0. The van der Waals surface area contributed by atoms with E-state index in [1.165, 1.54) is 54.9 Å². The van der Waals surface area contributed by atoms with Gasteiger partial charge in [-0.1, -0.05) is 36.4 Å². The summed E-state index contributed by atoms with van der Waals surface area (Å²) in [7, 11) is 0. The summed E-state index contributed by atoms with van der Waals surface area (Å²) in [6.07, 6.45) is 4.61. The Bertz CT molecular complexity index is 1400. The van der Waals surface area contributed by atoms with Gasteiger partial charge in [0.1, 0.15) is 0 Å². The summed E-state index contributed by atoms with van der Waals surface area (Å²) >= 11 is 3.47. The lowest BCUT2D eigenvalue weighted by Gasteiger charge is -2.40. The minimum atomic E-state index is 0.127. The van der Waals surface area contributed by atoms with E-state index < -0.39 is 0 Å². The van der Waals surface area contributed by atoms with E-state index in [1.54, 1.807) is 23.1 Å². The minimum absolute atomic E-state index is 0.127. The Hall–Kier alpha value is -2.22. The van der Waals surface area contributed by atoms with Gasteiger partial charge >= 0.3 is 0 Å². The molecule has 0 radical (unpaired) electrons. The van der Waals surface area contributed by atoms with E-state index in [2.05, 4.69) is 46.2 Å². The van der Waals surface area contributed by atoms with Gasteiger partial charge in [-0.05, 0) is 67.3 Å². The van der Waals surface area contributed by atoms with Gasteiger partial charge in [-0.3, -0.25) is 14.6 Å². The first-order valence-electron chi connectivity index (χ1n) is 13.0. The Kier molecular flexibility index (Phi) is 7.40. The summed E-state index contributed by atoms with van der Waals surface area (Å²) in [5.74, 6) is 0.888. The van der Waals surface area contributed by atoms with Crippen molar-refractivity contribution in [1.29, 1.82) is 0 Å². The van der Waals surface area contributed by atoms with Crippen molar-refractivity contribution in [3.05, 3.63) is 88.1 Å². The number of hydrogen-bond donors (Lipinski definition) is 0. The average Bonchev–Trinajstić information content (AvgIpc) is 3.40. The zero-order valence-electron chi connectivity index (χ0n) is 20.5. The molecule has 4 aromatic rings. The first-order chi connectivity index (χ1) is 17.7. The van der Waals surface area contributed by atoms with Gasteiger partial charge in [-0.2, -0.15) is 0 Å². The van der Waals surface area contributed by atoms with Gasteiger partial charge in [-0.25, -0.2) is 0 Å². The van der Waals surface area contributed by atoms with Crippen LogP contribution in [-0.2, 0) is 17.9 Å². The summed E-state index contributed by atoms with van der Waals surface area (Å²) in [4.78, 5) is 19.3. The number of thioether (sulfide) groups is 1. The maximum absolute atomic E-state index is 12.8. The molecule has 2 fully saturated rings. The maximum Gasteiger partial charge on any atom is 0.195 e. The third kappa shape index (κ3) is 5.24. The van der Waals surface area contributed by atoms with E-state index in [0.29, 0.717) is 19.4 Å². The number of nitrogens with zero attached hydrogens (tertiary/aromatic N) is 2. The largest absolute Gasteiger partial charge is 0.376 e. The molecule has 3 aromatic carbocycles. The van der Waals surface area contributed by atoms with E-state index in [9.17, 15) is 4.79 Å². The summed E-state index contributed by atoms with van der Waals surface area (Å²) in [5, 5.41) is 1.62. The van der Waals surface area contributed by atoms with Crippen molar-refractivity contribution in [1.82, 2.24) is 9.80 Å². The van der Waals surface area contributed by atoms with Crippen LogP contribution in [0.2, 0.25) is 0 Å². The molecule has 0 bridgehead atoms. The number of fused-ring (bicyclic) bond motifs is 3. The summed E-state index contributed by atoms with van der Waals surface area (Å²) in [6, 6.07) is 23.0. The molecule has 2 aliphatic rings. The second-order valence-electron chi connectivity index (χ2n) is 9.79. The quantitative estimate of drug-likeness (QED) is 0.155. The molecule has 0 amide bonds. The molecule has 1 unspecified atom stereocenters. The van der Waals surface area contributed by atoms with Crippen LogP contribution in [0.1, 0.15) is 30.4 Å². The normalized spacial score (nSPS) is 18.7. The van der Waals surface area contributed by atoms with Gasteiger partial charge in [0, 0.05) is 50.5 Å². The van der Waals surface area contributed by atoms with Crippen molar-refractivity contribution in [2.24, 2.45) is 0 Å². The highest BCUT2D eigenvalue weighted by Crippen LogP contribution is 2.29. The van der Waals surface area contributed by atoms with E-state index in [4.69, 9.17) is 4.74 Å². The van der Waals surface area contributed by atoms with Crippen LogP contribution in [0.4, 0.5) is 0 Å². The van der Waals surface area contributed by atoms with Crippen LogP contribution in [-0.4, -0.2) is 48.0 Å². The van der Waals surface area contributed by atoms with Gasteiger partial charge in [0.05, 0.1) is 19.4 Å². The zero-order valence-corrected chi connectivity index (χ0v) is 22.2. The first-order valence-corrected chi connectivity index (χ1v) is 14.8. The predicted molar refractivity (Wildman–Crippen MR) is 152 cm³/mol. The molecule has 6 heteroatoms. The topological polar surface area (TPSA) is 32.8 Å². The molecular weight excluding hydrogens is 484 g/mol. The second-order valence-corrected chi connectivity index (χ2v) is 12.0. The molecule has 0 aliphatic carbocycles. The smallest absolute Gasteiger partial charge is 0.195 e. The maximum atomic E-state index is 12.8. The fourth-order valence-corrected chi connectivity index (χ4v) is 7.54. The molecule has 2 saturated heterocycles. The van der Waals surface area contributed by atoms with Crippen LogP contribution in [0.25, 0.3) is 20.2 Å². The number of benzene rings is 3. The van der Waals surface area contributed by atoms with Crippen molar-refractivity contribution in [3.63, 3.8) is 0 Å². The molecule has 0 N–H and O–H groups in total. The Labute approximate surface area is 220 Å². The third-order valence-electron chi connectivity index (χ3n) is 7.36. The van der Waals surface area contributed by atoms with Gasteiger partial charge in [0.2, 0.25) is 0 Å². The van der Waals surface area contributed by atoms with E-state index >= 15 is 0 Å². The summed E-state index contributed by atoms with van der Waals surface area (Å²) in [6.45, 7) is 6.16. The van der Waals surface area contributed by atoms with Gasteiger partial charge < -0.3 is 4.74 Å². The SMILES string of the molecule is O=c1c2ccccc2sc2cc(SCCOCc3ccc(CN4CCCN5CCCC54)cc3)ccc12. The third-order valence-corrected chi connectivity index (χ3v) is 9.46. The van der Waals surface area contributed by atoms with E-state index in [0.717, 1.165) is 32.5 Å². The first kappa shape index (κ1) is 24.1. The monoisotopic (exact) mass is 516 g/mol. The van der Waals surface area contributed by atoms with Crippen molar-refractivity contribution in [3.8, 4) is 0 Å². The highest BCUT2D eigenvalue weighted by atomic mass is 32.2. The highest BCUT2D eigenvalue weighted by Gasteiger charge is 2.32. The average molecular weight is 517 g/mol. The molecule has 2 aliphatic heterocycles. The van der Waals surface area contributed by atoms with Crippen LogP contribution in [0.5, 0.6) is 0 Å². The van der Waals surface area contributed by atoms with E-state index in [-0.39, 0.29) is 5.43 Å². The summed E-state index contributed by atoms with van der Waals surface area (Å²) < 4.78 is 8.06. The van der Waals surface area contributed by atoms with Crippen LogP contribution >= 0.6 is 23.1 Å². The van der Waals surface area contributed by atoms with Crippen molar-refractivity contribution in [2.45, 2.75) is 43.5 Å². The standard InChI is InChI=1S/C30H32N2O2S2/c33-30-25-5-1-2-6-27(25)36-28-19-24(12-13-26(28)30)35-18-17-34-21-23-10-8-22(9-11-23)20-32-16-4-15-31-14-3-7-29(31)32/h1-2,5-6,8-13,19,29H,3-4,7,14-18,20-21H2. The van der Waals surface area contributed by atoms with Crippen LogP contribution < -0.4 is 5.43 Å². The fourth-order valence-electron chi connectivity index (χ4n) is 5.55. The molecule has 186 valence electrons. The van der Waals surface area contributed by atoms with Gasteiger partial charge in [0.15, 0.2) is 5.43 Å². The Balaban J connectivity index is 0.984. The van der Waals surface area contributed by atoms with Crippen LogP contribution in [0.15, 0.2) is 76.4 Å². The molecule has 3 heterocycles. The molecule has 36 heavy (non-hydrogen) atoms. The van der Waals surface area contributed by atoms with Crippen molar-refractivity contribution >= 4 is 43.3 Å². The Morgan fingerprint density at radius 1 is 0.889 bits per heavy atom. The van der Waals surface area contributed by atoms with Crippen LogP contribution in [0, 0.1) is 0 Å². The fraction of sp³-hybridized carbons (Fsp3) is 0.367. The lowest BCUT2D eigenvalue weighted by molar-refractivity contribution is 0.0286. The molecule has 4 nitrogen and oxygen atoms in total. The van der Waals surface area contributed by atoms with Crippen molar-refractivity contribution in [2.75, 3.05) is 32.0 Å². The number of ether oxygens (including phenoxy) is 1. The lowest BCUT2D eigenvalue weighted by Crippen LogP contribution is -2.49. The molecule has 1 atom stereocenters. The Morgan fingerprint density at radius 2 is 1.69 bits per heavy atom.